The molecule has 1 N–H and O–H groups in total. The maximum atomic E-state index is 4.51. The number of nitrogens with one attached hydrogen (secondary N) is 1. The van der Waals surface area contributed by atoms with Gasteiger partial charge in [0.1, 0.15) is 16.2 Å². The zero-order valence-corrected chi connectivity index (χ0v) is 11.6. The first-order valence-electron chi connectivity index (χ1n) is 5.77. The molecular formula is C12H18BrN3. The van der Waals surface area contributed by atoms with Crippen LogP contribution < -0.4 is 5.32 Å². The Morgan fingerprint density at radius 1 is 1.44 bits per heavy atom. The molecule has 0 unspecified atom stereocenters. The number of halogens is 1. The Morgan fingerprint density at radius 3 is 2.69 bits per heavy atom. The Balaban J connectivity index is 2.07. The molecule has 0 aromatic carbocycles. The summed E-state index contributed by atoms with van der Waals surface area (Å²) < 4.78 is 0.856. The van der Waals surface area contributed by atoms with Gasteiger partial charge in [-0.3, -0.25) is 0 Å². The van der Waals surface area contributed by atoms with Crippen LogP contribution >= 0.6 is 15.9 Å². The predicted octanol–water partition coefficient (Wildman–Crippen LogP) is 3.57. The van der Waals surface area contributed by atoms with E-state index < -0.39 is 0 Å². The van der Waals surface area contributed by atoms with Crippen LogP contribution in [0.1, 0.15) is 45.4 Å². The Bertz CT molecular complexity index is 386. The van der Waals surface area contributed by atoms with Gasteiger partial charge in [-0.25, -0.2) is 9.97 Å². The lowest BCUT2D eigenvalue weighted by Gasteiger charge is -2.12. The van der Waals surface area contributed by atoms with E-state index in [0.717, 1.165) is 22.8 Å². The number of aromatic nitrogens is 2. The first-order valence-corrected chi connectivity index (χ1v) is 6.56. The minimum Gasteiger partial charge on any atom is -0.369 e. The van der Waals surface area contributed by atoms with Gasteiger partial charge in [-0.15, -0.1) is 0 Å². The molecule has 2 rings (SSSR count). The van der Waals surface area contributed by atoms with E-state index >= 15 is 0 Å². The van der Waals surface area contributed by atoms with Crippen molar-refractivity contribution in [2.75, 3.05) is 11.9 Å². The van der Waals surface area contributed by atoms with Crippen LogP contribution in [0.15, 0.2) is 10.7 Å². The van der Waals surface area contributed by atoms with Crippen molar-refractivity contribution in [2.45, 2.75) is 39.5 Å². The third-order valence-corrected chi connectivity index (χ3v) is 3.43. The van der Waals surface area contributed by atoms with Gasteiger partial charge in [0, 0.05) is 18.5 Å². The molecule has 0 spiro atoms. The summed E-state index contributed by atoms with van der Waals surface area (Å²) in [6.45, 7) is 7.52. The first kappa shape index (κ1) is 11.8. The highest BCUT2D eigenvalue weighted by atomic mass is 79.9. The maximum Gasteiger partial charge on any atom is 0.134 e. The van der Waals surface area contributed by atoms with E-state index in [9.17, 15) is 0 Å². The quantitative estimate of drug-likeness (QED) is 0.859. The van der Waals surface area contributed by atoms with Crippen LogP contribution in [0.5, 0.6) is 0 Å². The number of hydrogen-bond acceptors (Lipinski definition) is 3. The second-order valence-electron chi connectivity index (χ2n) is 5.25. The van der Waals surface area contributed by atoms with Gasteiger partial charge in [0.25, 0.3) is 0 Å². The Labute approximate surface area is 105 Å². The lowest BCUT2D eigenvalue weighted by Crippen LogP contribution is -2.13. The lowest BCUT2D eigenvalue weighted by atomic mass is 10.1. The second kappa shape index (κ2) is 4.32. The Morgan fingerprint density at radius 2 is 2.12 bits per heavy atom. The smallest absolute Gasteiger partial charge is 0.134 e. The summed E-state index contributed by atoms with van der Waals surface area (Å²) in [6.07, 6.45) is 2.65. The molecule has 0 bridgehead atoms. The molecule has 4 heteroatoms. The number of anilines is 1. The van der Waals surface area contributed by atoms with E-state index in [1.807, 2.05) is 6.07 Å². The fourth-order valence-corrected chi connectivity index (χ4v) is 1.88. The summed E-state index contributed by atoms with van der Waals surface area (Å²) >= 11 is 3.43. The van der Waals surface area contributed by atoms with E-state index in [-0.39, 0.29) is 0 Å². The molecule has 0 saturated heterocycles. The predicted molar refractivity (Wildman–Crippen MR) is 69.7 cm³/mol. The average Bonchev–Trinajstić information content (AvgIpc) is 2.94. The summed E-state index contributed by atoms with van der Waals surface area (Å²) in [5.74, 6) is 2.17. The number of hydrogen-bond donors (Lipinski definition) is 1. The molecule has 0 aliphatic heterocycles. The molecule has 1 aliphatic carbocycles. The fraction of sp³-hybridized carbons (Fsp3) is 0.667. The van der Waals surface area contributed by atoms with Gasteiger partial charge in [-0.05, 0) is 34.2 Å². The molecule has 1 heterocycles. The number of nitrogens with zero attached hydrogens (tertiary/aromatic N) is 2. The summed E-state index contributed by atoms with van der Waals surface area (Å²) in [4.78, 5) is 8.87. The third-order valence-electron chi connectivity index (χ3n) is 3.03. The molecule has 0 amide bonds. The monoisotopic (exact) mass is 283 g/mol. The molecule has 1 aliphatic rings. The van der Waals surface area contributed by atoms with Crippen molar-refractivity contribution in [3.63, 3.8) is 0 Å². The molecule has 1 aromatic rings. The Kier molecular flexibility index (Phi) is 3.19. The van der Waals surface area contributed by atoms with Gasteiger partial charge in [-0.1, -0.05) is 20.8 Å². The van der Waals surface area contributed by atoms with Crippen molar-refractivity contribution >= 4 is 21.7 Å². The van der Waals surface area contributed by atoms with Gasteiger partial charge in [0.15, 0.2) is 0 Å². The molecule has 3 nitrogen and oxygen atoms in total. The van der Waals surface area contributed by atoms with Crippen LogP contribution in [0, 0.1) is 5.41 Å². The minimum absolute atomic E-state index is 0.356. The average molecular weight is 284 g/mol. The SMILES string of the molecule is CC(C)c1nc(Br)cc(NCC2(C)CC2)n1. The zero-order valence-electron chi connectivity index (χ0n) is 10.0. The van der Waals surface area contributed by atoms with Gasteiger partial charge in [0.2, 0.25) is 0 Å². The van der Waals surface area contributed by atoms with Crippen molar-refractivity contribution in [3.8, 4) is 0 Å². The second-order valence-corrected chi connectivity index (χ2v) is 6.07. The first-order chi connectivity index (χ1) is 7.48. The third kappa shape index (κ3) is 2.94. The van der Waals surface area contributed by atoms with Crippen LogP contribution in [-0.2, 0) is 0 Å². The van der Waals surface area contributed by atoms with Crippen molar-refractivity contribution in [1.82, 2.24) is 9.97 Å². The highest BCUT2D eigenvalue weighted by Crippen LogP contribution is 2.44. The standard InChI is InChI=1S/C12H18BrN3/c1-8(2)11-15-9(13)6-10(16-11)14-7-12(3)4-5-12/h6,8H,4-5,7H2,1-3H3,(H,14,15,16). The highest BCUT2D eigenvalue weighted by Gasteiger charge is 2.36. The van der Waals surface area contributed by atoms with Crippen molar-refractivity contribution in [2.24, 2.45) is 5.41 Å². The fourth-order valence-electron chi connectivity index (χ4n) is 1.48. The molecule has 0 radical (unpaired) electrons. The van der Waals surface area contributed by atoms with Gasteiger partial charge >= 0.3 is 0 Å². The van der Waals surface area contributed by atoms with Gasteiger partial charge in [-0.2, -0.15) is 0 Å². The van der Waals surface area contributed by atoms with E-state index in [0.29, 0.717) is 11.3 Å². The minimum atomic E-state index is 0.356. The van der Waals surface area contributed by atoms with Crippen molar-refractivity contribution in [3.05, 3.63) is 16.5 Å². The van der Waals surface area contributed by atoms with Crippen LogP contribution in [-0.4, -0.2) is 16.5 Å². The molecule has 0 atom stereocenters. The normalized spacial score (nSPS) is 17.6. The van der Waals surface area contributed by atoms with E-state index in [1.165, 1.54) is 12.8 Å². The molecular weight excluding hydrogens is 266 g/mol. The molecule has 1 aromatic heterocycles. The van der Waals surface area contributed by atoms with E-state index in [1.54, 1.807) is 0 Å². The summed E-state index contributed by atoms with van der Waals surface area (Å²) in [5, 5.41) is 3.40. The lowest BCUT2D eigenvalue weighted by molar-refractivity contribution is 0.608. The van der Waals surface area contributed by atoms with Crippen LogP contribution in [0.4, 0.5) is 5.82 Å². The molecule has 88 valence electrons. The summed E-state index contributed by atoms with van der Waals surface area (Å²) in [5.41, 5.74) is 0.495. The van der Waals surface area contributed by atoms with E-state index in [2.05, 4.69) is 52.0 Å². The molecule has 1 saturated carbocycles. The number of rotatable bonds is 4. The summed E-state index contributed by atoms with van der Waals surface area (Å²) in [7, 11) is 0. The zero-order chi connectivity index (χ0) is 11.8. The van der Waals surface area contributed by atoms with Gasteiger partial charge < -0.3 is 5.32 Å². The highest BCUT2D eigenvalue weighted by molar-refractivity contribution is 9.10. The Hall–Kier alpha value is -0.640. The van der Waals surface area contributed by atoms with Crippen LogP contribution in [0.3, 0.4) is 0 Å². The van der Waals surface area contributed by atoms with Crippen LogP contribution in [0.2, 0.25) is 0 Å². The maximum absolute atomic E-state index is 4.51. The largest absolute Gasteiger partial charge is 0.369 e. The van der Waals surface area contributed by atoms with E-state index in [4.69, 9.17) is 0 Å². The van der Waals surface area contributed by atoms with Crippen molar-refractivity contribution in [1.29, 1.82) is 0 Å². The molecule has 1 fully saturated rings. The van der Waals surface area contributed by atoms with Crippen molar-refractivity contribution < 1.29 is 0 Å². The van der Waals surface area contributed by atoms with Gasteiger partial charge in [0.05, 0.1) is 0 Å². The molecule has 16 heavy (non-hydrogen) atoms. The van der Waals surface area contributed by atoms with Crippen LogP contribution in [0.25, 0.3) is 0 Å². The summed E-state index contributed by atoms with van der Waals surface area (Å²) in [6, 6.07) is 1.94. The topological polar surface area (TPSA) is 37.8 Å².